The number of benzene rings is 1. The zero-order valence-corrected chi connectivity index (χ0v) is 17.4. The lowest BCUT2D eigenvalue weighted by Gasteiger charge is -2.30. The summed E-state index contributed by atoms with van der Waals surface area (Å²) in [7, 11) is -3.55. The highest BCUT2D eigenvalue weighted by Gasteiger charge is 2.24. The molecule has 0 bridgehead atoms. The van der Waals surface area contributed by atoms with Crippen molar-refractivity contribution in [3.05, 3.63) is 46.7 Å². The summed E-state index contributed by atoms with van der Waals surface area (Å²) in [5, 5.41) is 4.18. The number of nitrogens with one attached hydrogen (secondary N) is 1. The highest BCUT2D eigenvalue weighted by Crippen LogP contribution is 2.26. The lowest BCUT2D eigenvalue weighted by atomic mass is 10.1. The van der Waals surface area contributed by atoms with Crippen molar-refractivity contribution in [3.8, 4) is 5.75 Å². The molecule has 27 heavy (non-hydrogen) atoms. The molecule has 0 radical (unpaired) electrons. The highest BCUT2D eigenvalue weighted by molar-refractivity contribution is 7.89. The highest BCUT2D eigenvalue weighted by atomic mass is 32.2. The molecule has 1 aliphatic rings. The molecule has 2 heterocycles. The van der Waals surface area contributed by atoms with Crippen molar-refractivity contribution in [2.45, 2.75) is 43.5 Å². The third kappa shape index (κ3) is 5.54. The maximum absolute atomic E-state index is 12.8. The van der Waals surface area contributed by atoms with Crippen LogP contribution in [0, 0.1) is 0 Å². The van der Waals surface area contributed by atoms with Gasteiger partial charge in [-0.1, -0.05) is 12.8 Å². The van der Waals surface area contributed by atoms with Crippen LogP contribution in [-0.2, 0) is 10.0 Å². The predicted octanol–water partition coefficient (Wildman–Crippen LogP) is 4.04. The van der Waals surface area contributed by atoms with Crippen molar-refractivity contribution in [1.29, 1.82) is 0 Å². The van der Waals surface area contributed by atoms with Gasteiger partial charge in [0, 0.05) is 12.6 Å². The largest absolute Gasteiger partial charge is 0.494 e. The van der Waals surface area contributed by atoms with E-state index in [1.807, 2.05) is 6.92 Å². The summed E-state index contributed by atoms with van der Waals surface area (Å²) in [5.41, 5.74) is 1.19. The van der Waals surface area contributed by atoms with E-state index in [0.717, 1.165) is 13.1 Å². The monoisotopic (exact) mass is 408 g/mol. The Morgan fingerprint density at radius 1 is 1.11 bits per heavy atom. The minimum atomic E-state index is -3.55. The molecular weight excluding hydrogens is 380 g/mol. The first-order valence-corrected chi connectivity index (χ1v) is 12.0. The summed E-state index contributed by atoms with van der Waals surface area (Å²) < 4.78 is 33.7. The molecule has 1 N–H and O–H groups in total. The van der Waals surface area contributed by atoms with Crippen molar-refractivity contribution in [1.82, 2.24) is 9.62 Å². The molecule has 0 saturated carbocycles. The number of nitrogens with zero attached hydrogens (tertiary/aromatic N) is 1. The average Bonchev–Trinajstić information content (AvgIpc) is 3.05. The number of sulfonamides is 1. The molecule has 1 unspecified atom stereocenters. The van der Waals surface area contributed by atoms with Gasteiger partial charge < -0.3 is 4.74 Å². The van der Waals surface area contributed by atoms with Gasteiger partial charge in [0.05, 0.1) is 11.5 Å². The third-order valence-corrected chi connectivity index (χ3v) is 7.06. The molecular formula is C20H28N2O3S2. The maximum atomic E-state index is 12.8. The normalized spacial score (nSPS) is 17.4. The SMILES string of the molecule is CCOc1ccc(S(=O)(=O)NCC(c2ccsc2)N2CCCCCC2)cc1. The minimum absolute atomic E-state index is 0.0758. The molecule has 5 nitrogen and oxygen atoms in total. The fraction of sp³-hybridized carbons (Fsp3) is 0.500. The lowest BCUT2D eigenvalue weighted by molar-refractivity contribution is 0.206. The second-order valence-corrected chi connectivity index (χ2v) is 9.33. The Labute approximate surface area is 166 Å². The van der Waals surface area contributed by atoms with Gasteiger partial charge >= 0.3 is 0 Å². The van der Waals surface area contributed by atoms with Crippen molar-refractivity contribution in [2.75, 3.05) is 26.2 Å². The summed E-state index contributed by atoms with van der Waals surface area (Å²) in [4.78, 5) is 2.70. The average molecular weight is 409 g/mol. The fourth-order valence-electron chi connectivity index (χ4n) is 3.48. The van der Waals surface area contributed by atoms with Crippen molar-refractivity contribution < 1.29 is 13.2 Å². The number of rotatable bonds is 8. The number of thiophene rings is 1. The van der Waals surface area contributed by atoms with Crippen LogP contribution in [0.5, 0.6) is 5.75 Å². The number of likely N-dealkylation sites (tertiary alicyclic amines) is 1. The van der Waals surface area contributed by atoms with E-state index in [9.17, 15) is 8.42 Å². The summed E-state index contributed by atoms with van der Waals surface area (Å²) in [6, 6.07) is 8.77. The van der Waals surface area contributed by atoms with Crippen LogP contribution >= 0.6 is 11.3 Å². The standard InChI is InChI=1S/C20H28N2O3S2/c1-2-25-18-7-9-19(10-8-18)27(23,24)21-15-20(17-11-14-26-16-17)22-12-5-3-4-6-13-22/h7-11,14,16,20-21H,2-6,12-13,15H2,1H3. The van der Waals surface area contributed by atoms with Crippen molar-refractivity contribution in [2.24, 2.45) is 0 Å². The molecule has 0 amide bonds. The molecule has 3 rings (SSSR count). The van der Waals surface area contributed by atoms with E-state index in [4.69, 9.17) is 4.74 Å². The van der Waals surface area contributed by atoms with Gasteiger partial charge in [-0.15, -0.1) is 0 Å². The van der Waals surface area contributed by atoms with Crippen LogP contribution in [-0.4, -0.2) is 39.6 Å². The van der Waals surface area contributed by atoms with Gasteiger partial charge in [0.2, 0.25) is 10.0 Å². The van der Waals surface area contributed by atoms with E-state index in [2.05, 4.69) is 26.4 Å². The molecule has 1 atom stereocenters. The molecule has 1 aliphatic heterocycles. The van der Waals surface area contributed by atoms with E-state index >= 15 is 0 Å². The van der Waals surface area contributed by atoms with E-state index in [1.54, 1.807) is 35.6 Å². The third-order valence-electron chi connectivity index (χ3n) is 4.92. The first-order chi connectivity index (χ1) is 13.1. The van der Waals surface area contributed by atoms with Gasteiger partial charge in [-0.05, 0) is 79.5 Å². The first-order valence-electron chi connectivity index (χ1n) is 9.59. The van der Waals surface area contributed by atoms with Gasteiger partial charge in [-0.2, -0.15) is 11.3 Å². The molecule has 0 spiro atoms. The number of ether oxygens (including phenoxy) is 1. The molecule has 0 aliphatic carbocycles. The number of hydrogen-bond donors (Lipinski definition) is 1. The van der Waals surface area contributed by atoms with Crippen LogP contribution in [0.3, 0.4) is 0 Å². The molecule has 1 aromatic carbocycles. The molecule has 2 aromatic rings. The van der Waals surface area contributed by atoms with E-state index in [-0.39, 0.29) is 10.9 Å². The Bertz CT molecular complexity index is 781. The van der Waals surface area contributed by atoms with Crippen LogP contribution in [0.1, 0.15) is 44.2 Å². The van der Waals surface area contributed by atoms with Crippen LogP contribution in [0.25, 0.3) is 0 Å². The fourth-order valence-corrected chi connectivity index (χ4v) is 5.23. The van der Waals surface area contributed by atoms with Crippen LogP contribution < -0.4 is 9.46 Å². The lowest BCUT2D eigenvalue weighted by Crippen LogP contribution is -2.38. The second-order valence-electron chi connectivity index (χ2n) is 6.78. The van der Waals surface area contributed by atoms with Crippen LogP contribution in [0.2, 0.25) is 0 Å². The topological polar surface area (TPSA) is 58.6 Å². The Morgan fingerprint density at radius 2 is 1.81 bits per heavy atom. The molecule has 1 saturated heterocycles. The second kappa shape index (κ2) is 9.68. The zero-order valence-electron chi connectivity index (χ0n) is 15.8. The zero-order chi connectivity index (χ0) is 19.1. The Kier molecular flexibility index (Phi) is 7.29. The minimum Gasteiger partial charge on any atom is -0.494 e. The van der Waals surface area contributed by atoms with Gasteiger partial charge in [0.25, 0.3) is 0 Å². The van der Waals surface area contributed by atoms with Gasteiger partial charge in [-0.25, -0.2) is 13.1 Å². The smallest absolute Gasteiger partial charge is 0.240 e. The molecule has 7 heteroatoms. The number of hydrogen-bond acceptors (Lipinski definition) is 5. The summed E-state index contributed by atoms with van der Waals surface area (Å²) in [6.07, 6.45) is 4.86. The van der Waals surface area contributed by atoms with E-state index < -0.39 is 10.0 Å². The van der Waals surface area contributed by atoms with E-state index in [0.29, 0.717) is 18.9 Å². The van der Waals surface area contributed by atoms with Crippen molar-refractivity contribution >= 4 is 21.4 Å². The summed E-state index contributed by atoms with van der Waals surface area (Å²) >= 11 is 1.66. The molecule has 1 fully saturated rings. The summed E-state index contributed by atoms with van der Waals surface area (Å²) in [5.74, 6) is 0.678. The predicted molar refractivity (Wildman–Crippen MR) is 110 cm³/mol. The van der Waals surface area contributed by atoms with Gasteiger partial charge in [0.15, 0.2) is 0 Å². The molecule has 1 aromatic heterocycles. The Morgan fingerprint density at radius 3 is 2.41 bits per heavy atom. The van der Waals surface area contributed by atoms with Crippen molar-refractivity contribution in [3.63, 3.8) is 0 Å². The Hall–Kier alpha value is -1.41. The van der Waals surface area contributed by atoms with Gasteiger partial charge in [0.1, 0.15) is 5.75 Å². The molecule has 148 valence electrons. The Balaban J connectivity index is 1.71. The quantitative estimate of drug-likeness (QED) is 0.716. The van der Waals surface area contributed by atoms with Crippen LogP contribution in [0.4, 0.5) is 0 Å². The summed E-state index contributed by atoms with van der Waals surface area (Å²) in [6.45, 7) is 4.88. The van der Waals surface area contributed by atoms with Gasteiger partial charge in [-0.3, -0.25) is 4.90 Å². The van der Waals surface area contributed by atoms with Crippen LogP contribution in [0.15, 0.2) is 46.0 Å². The van der Waals surface area contributed by atoms with E-state index in [1.165, 1.54) is 31.2 Å². The maximum Gasteiger partial charge on any atom is 0.240 e. The first kappa shape index (κ1) is 20.3.